The van der Waals surface area contributed by atoms with Crippen LogP contribution in [0.5, 0.6) is 0 Å². The lowest BCUT2D eigenvalue weighted by Gasteiger charge is -2.19. The Kier molecular flexibility index (Phi) is 7.03. The minimum absolute atomic E-state index is 0.131. The van der Waals surface area contributed by atoms with Crippen LogP contribution in [-0.2, 0) is 19.6 Å². The molecule has 6 nitrogen and oxygen atoms in total. The lowest BCUT2D eigenvalue weighted by Crippen LogP contribution is -2.30. The summed E-state index contributed by atoms with van der Waals surface area (Å²) < 4.78 is 31.2. The quantitative estimate of drug-likeness (QED) is 0.549. The van der Waals surface area contributed by atoms with Crippen molar-refractivity contribution in [1.29, 1.82) is 0 Å². The van der Waals surface area contributed by atoms with E-state index in [0.717, 1.165) is 0 Å². The highest BCUT2D eigenvalue weighted by molar-refractivity contribution is 7.99. The minimum atomic E-state index is -3.50. The van der Waals surface area contributed by atoms with Gasteiger partial charge in [0.15, 0.2) is 0 Å². The van der Waals surface area contributed by atoms with Gasteiger partial charge in [0.05, 0.1) is 10.8 Å². The van der Waals surface area contributed by atoms with Crippen LogP contribution in [0.2, 0.25) is 0 Å². The zero-order valence-electron chi connectivity index (χ0n) is 14.2. The standard InChI is InChI=1S/C15H24N2O4S2/c1-6-17(7-2)23(19,20)12-8-9-13(16-10-12)22-11-14(18)21-15(3,4)5/h8-10H,6-7,11H2,1-5H3. The molecule has 0 spiro atoms. The van der Waals surface area contributed by atoms with Crippen molar-refractivity contribution in [2.24, 2.45) is 0 Å². The summed E-state index contributed by atoms with van der Waals surface area (Å²) in [6.45, 7) is 9.82. The molecule has 1 heterocycles. The summed E-state index contributed by atoms with van der Waals surface area (Å²) in [5.74, 6) is -0.198. The summed E-state index contributed by atoms with van der Waals surface area (Å²) in [6.07, 6.45) is 1.32. The molecule has 1 aromatic rings. The molecule has 1 rings (SSSR count). The second kappa shape index (κ2) is 8.12. The maximum Gasteiger partial charge on any atom is 0.316 e. The summed E-state index contributed by atoms with van der Waals surface area (Å²) in [7, 11) is -3.50. The van der Waals surface area contributed by atoms with Crippen molar-refractivity contribution in [3.05, 3.63) is 18.3 Å². The summed E-state index contributed by atoms with van der Waals surface area (Å²) in [5.41, 5.74) is -0.521. The average molecular weight is 361 g/mol. The van der Waals surface area contributed by atoms with Crippen molar-refractivity contribution in [2.75, 3.05) is 18.8 Å². The monoisotopic (exact) mass is 360 g/mol. The van der Waals surface area contributed by atoms with E-state index < -0.39 is 15.6 Å². The second-order valence-corrected chi connectivity index (χ2v) is 8.73. The van der Waals surface area contributed by atoms with Gasteiger partial charge in [-0.2, -0.15) is 4.31 Å². The molecule has 23 heavy (non-hydrogen) atoms. The van der Waals surface area contributed by atoms with Crippen molar-refractivity contribution in [1.82, 2.24) is 9.29 Å². The number of esters is 1. The van der Waals surface area contributed by atoms with Gasteiger partial charge in [-0.15, -0.1) is 0 Å². The van der Waals surface area contributed by atoms with Gasteiger partial charge in [-0.1, -0.05) is 25.6 Å². The third-order valence-electron chi connectivity index (χ3n) is 2.81. The molecule has 0 radical (unpaired) electrons. The maximum absolute atomic E-state index is 12.3. The van der Waals surface area contributed by atoms with Crippen LogP contribution < -0.4 is 0 Å². The molecule has 0 saturated heterocycles. The lowest BCUT2D eigenvalue weighted by atomic mass is 10.2. The normalized spacial score (nSPS) is 12.4. The van der Waals surface area contributed by atoms with E-state index in [1.165, 1.54) is 28.3 Å². The second-order valence-electron chi connectivity index (χ2n) is 5.80. The predicted molar refractivity (Wildman–Crippen MR) is 90.9 cm³/mol. The Bertz CT molecular complexity index is 618. The van der Waals surface area contributed by atoms with E-state index in [-0.39, 0.29) is 16.6 Å². The number of pyridine rings is 1. The van der Waals surface area contributed by atoms with Gasteiger partial charge in [0.25, 0.3) is 0 Å². The first-order valence-electron chi connectivity index (χ1n) is 7.41. The van der Waals surface area contributed by atoms with E-state index in [9.17, 15) is 13.2 Å². The Hall–Kier alpha value is -1.12. The van der Waals surface area contributed by atoms with Gasteiger partial charge in [-0.05, 0) is 32.9 Å². The van der Waals surface area contributed by atoms with Gasteiger partial charge < -0.3 is 4.74 Å². The fraction of sp³-hybridized carbons (Fsp3) is 0.600. The Morgan fingerprint density at radius 1 is 1.26 bits per heavy atom. The number of ether oxygens (including phenoxy) is 1. The number of carbonyl (C=O) groups excluding carboxylic acids is 1. The summed E-state index contributed by atoms with van der Waals surface area (Å²) in [4.78, 5) is 15.9. The molecule has 8 heteroatoms. The molecule has 0 aliphatic heterocycles. The van der Waals surface area contributed by atoms with E-state index in [4.69, 9.17) is 4.74 Å². The Morgan fingerprint density at radius 3 is 2.30 bits per heavy atom. The van der Waals surface area contributed by atoms with Crippen molar-refractivity contribution >= 4 is 27.8 Å². The molecule has 0 fully saturated rings. The van der Waals surface area contributed by atoms with Crippen molar-refractivity contribution in [2.45, 2.75) is 50.1 Å². The summed E-state index contributed by atoms with van der Waals surface area (Å²) in [6, 6.07) is 3.11. The highest BCUT2D eigenvalue weighted by Crippen LogP contribution is 2.20. The number of aromatic nitrogens is 1. The highest BCUT2D eigenvalue weighted by Gasteiger charge is 2.22. The first-order chi connectivity index (χ1) is 10.6. The molecule has 0 aliphatic rings. The molecule has 0 amide bonds. The molecular formula is C15H24N2O4S2. The fourth-order valence-electron chi connectivity index (χ4n) is 1.82. The van der Waals surface area contributed by atoms with Crippen LogP contribution in [-0.4, -0.2) is 48.1 Å². The van der Waals surface area contributed by atoms with Gasteiger partial charge in [-0.25, -0.2) is 13.4 Å². The largest absolute Gasteiger partial charge is 0.459 e. The fourth-order valence-corrected chi connectivity index (χ4v) is 3.84. The number of thioether (sulfide) groups is 1. The van der Waals surface area contributed by atoms with Crippen LogP contribution in [0.3, 0.4) is 0 Å². The number of hydrogen-bond donors (Lipinski definition) is 0. The molecule has 0 bridgehead atoms. The van der Waals surface area contributed by atoms with Crippen LogP contribution in [0.25, 0.3) is 0 Å². The van der Waals surface area contributed by atoms with Crippen LogP contribution in [0.15, 0.2) is 28.3 Å². The zero-order valence-corrected chi connectivity index (χ0v) is 15.8. The van der Waals surface area contributed by atoms with Crippen molar-refractivity contribution in [3.8, 4) is 0 Å². The minimum Gasteiger partial charge on any atom is -0.459 e. The smallest absolute Gasteiger partial charge is 0.316 e. The molecule has 0 atom stereocenters. The SMILES string of the molecule is CCN(CC)S(=O)(=O)c1ccc(SCC(=O)OC(C)(C)C)nc1. The van der Waals surface area contributed by atoms with Crippen LogP contribution in [0.1, 0.15) is 34.6 Å². The number of sulfonamides is 1. The highest BCUT2D eigenvalue weighted by atomic mass is 32.2. The first-order valence-corrected chi connectivity index (χ1v) is 9.83. The van der Waals surface area contributed by atoms with Gasteiger partial charge >= 0.3 is 5.97 Å². The topological polar surface area (TPSA) is 76.6 Å². The van der Waals surface area contributed by atoms with Crippen LogP contribution in [0, 0.1) is 0 Å². The lowest BCUT2D eigenvalue weighted by molar-refractivity contribution is -0.151. The summed E-state index contributed by atoms with van der Waals surface area (Å²) >= 11 is 1.21. The molecule has 0 aliphatic carbocycles. The average Bonchev–Trinajstić information content (AvgIpc) is 2.45. The van der Waals surface area contributed by atoms with E-state index in [1.54, 1.807) is 40.7 Å². The maximum atomic E-state index is 12.3. The Labute approximate surface area is 142 Å². The molecule has 1 aromatic heterocycles. The zero-order chi connectivity index (χ0) is 17.7. The van der Waals surface area contributed by atoms with E-state index in [1.807, 2.05) is 0 Å². The third-order valence-corrected chi connectivity index (χ3v) is 5.76. The van der Waals surface area contributed by atoms with E-state index in [0.29, 0.717) is 18.1 Å². The third kappa shape index (κ3) is 6.12. The number of rotatable bonds is 7. The Balaban J connectivity index is 2.72. The van der Waals surface area contributed by atoms with Gasteiger partial charge in [-0.3, -0.25) is 4.79 Å². The van der Waals surface area contributed by atoms with Crippen molar-refractivity contribution < 1.29 is 17.9 Å². The van der Waals surface area contributed by atoms with Gasteiger partial charge in [0, 0.05) is 19.3 Å². The van der Waals surface area contributed by atoms with Crippen molar-refractivity contribution in [3.63, 3.8) is 0 Å². The predicted octanol–water partition coefficient (Wildman–Crippen LogP) is 2.55. The molecule has 0 saturated carbocycles. The number of nitrogens with zero attached hydrogens (tertiary/aromatic N) is 2. The van der Waals surface area contributed by atoms with Gasteiger partial charge in [0.2, 0.25) is 10.0 Å². The van der Waals surface area contributed by atoms with E-state index >= 15 is 0 Å². The molecule has 130 valence electrons. The first kappa shape index (κ1) is 19.9. The molecule has 0 unspecified atom stereocenters. The van der Waals surface area contributed by atoms with Crippen LogP contribution in [0.4, 0.5) is 0 Å². The van der Waals surface area contributed by atoms with Crippen LogP contribution >= 0.6 is 11.8 Å². The molecule has 0 N–H and O–H groups in total. The number of hydrogen-bond acceptors (Lipinski definition) is 6. The van der Waals surface area contributed by atoms with E-state index in [2.05, 4.69) is 4.98 Å². The summed E-state index contributed by atoms with van der Waals surface area (Å²) in [5, 5.41) is 0.578. The number of carbonyl (C=O) groups is 1. The molecular weight excluding hydrogens is 336 g/mol. The van der Waals surface area contributed by atoms with Gasteiger partial charge in [0.1, 0.15) is 10.5 Å². The molecule has 0 aromatic carbocycles. The Morgan fingerprint density at radius 2 is 1.87 bits per heavy atom.